The molecule has 0 radical (unpaired) electrons. The van der Waals surface area contributed by atoms with Crippen molar-refractivity contribution in [1.82, 2.24) is 5.32 Å². The van der Waals surface area contributed by atoms with E-state index >= 15 is 0 Å². The van der Waals surface area contributed by atoms with Crippen LogP contribution in [0.1, 0.15) is 12.8 Å². The molecule has 0 aliphatic carbocycles. The van der Waals surface area contributed by atoms with E-state index in [-0.39, 0.29) is 0 Å². The van der Waals surface area contributed by atoms with E-state index in [4.69, 9.17) is 4.57 Å². The zero-order chi connectivity index (χ0) is 5.54. The van der Waals surface area contributed by atoms with Gasteiger partial charge in [0, 0.05) is 0 Å². The standard InChI is InChI=1S/C4H9N.HOP/c1-2-4-5-3-1;1-2/h5H,1-4H2;2H. The third-order valence-electron chi connectivity index (χ3n) is 0.957. The van der Waals surface area contributed by atoms with Crippen molar-refractivity contribution < 1.29 is 4.57 Å². The quantitative estimate of drug-likeness (QED) is 0.479. The zero-order valence-corrected chi connectivity index (χ0v) is 5.24. The van der Waals surface area contributed by atoms with E-state index in [0.717, 1.165) is 0 Å². The lowest BCUT2D eigenvalue weighted by atomic mass is 10.4. The molecule has 1 saturated heterocycles. The summed E-state index contributed by atoms with van der Waals surface area (Å²) in [6.45, 7) is 2.50. The monoisotopic (exact) mass is 119 g/mol. The highest BCUT2D eigenvalue weighted by Crippen LogP contribution is 1.90. The molecule has 1 aliphatic heterocycles. The van der Waals surface area contributed by atoms with Gasteiger partial charge in [-0.25, -0.2) is 0 Å². The molecule has 2 nitrogen and oxygen atoms in total. The first-order chi connectivity index (χ1) is 3.50. The van der Waals surface area contributed by atoms with Gasteiger partial charge in [-0.15, -0.1) is 0 Å². The highest BCUT2D eigenvalue weighted by molar-refractivity contribution is 7.00. The van der Waals surface area contributed by atoms with Gasteiger partial charge in [0.1, 0.15) is 9.12 Å². The largest absolute Gasteiger partial charge is 0.317 e. The summed E-state index contributed by atoms with van der Waals surface area (Å²) in [7, 11) is 1.72. The third kappa shape index (κ3) is 3.90. The Morgan fingerprint density at radius 3 is 1.71 bits per heavy atom. The Morgan fingerprint density at radius 1 is 1.14 bits per heavy atom. The Hall–Kier alpha value is 0.0600. The van der Waals surface area contributed by atoms with Crippen LogP contribution in [0, 0.1) is 0 Å². The highest BCUT2D eigenvalue weighted by atomic mass is 31.0. The summed E-state index contributed by atoms with van der Waals surface area (Å²) in [5.74, 6) is 0. The first-order valence-electron chi connectivity index (χ1n) is 2.41. The molecule has 1 N–H and O–H groups in total. The van der Waals surface area contributed by atoms with Gasteiger partial charge in [0.15, 0.2) is 0 Å². The summed E-state index contributed by atoms with van der Waals surface area (Å²) in [5, 5.41) is 3.22. The first kappa shape index (κ1) is 7.06. The summed E-state index contributed by atoms with van der Waals surface area (Å²) < 4.78 is 8.06. The maximum atomic E-state index is 8.06. The van der Waals surface area contributed by atoms with Crippen molar-refractivity contribution in [3.63, 3.8) is 0 Å². The van der Waals surface area contributed by atoms with E-state index in [0.29, 0.717) is 0 Å². The molecule has 7 heavy (non-hydrogen) atoms. The molecule has 0 spiro atoms. The fourth-order valence-electron chi connectivity index (χ4n) is 0.625. The molecule has 42 valence electrons. The lowest BCUT2D eigenvalue weighted by molar-refractivity contribution is 0.607. The molecule has 0 saturated carbocycles. The first-order valence-corrected chi connectivity index (χ1v) is 2.82. The SMILES string of the molecule is C1CCNC1.O=P. The molecule has 3 heteroatoms. The minimum Gasteiger partial charge on any atom is -0.317 e. The summed E-state index contributed by atoms with van der Waals surface area (Å²) in [6, 6.07) is 0. The molecule has 0 unspecified atom stereocenters. The van der Waals surface area contributed by atoms with Gasteiger partial charge in [-0.05, 0) is 25.9 Å². The summed E-state index contributed by atoms with van der Waals surface area (Å²) in [6.07, 6.45) is 2.78. The molecule has 0 bridgehead atoms. The average molecular weight is 119 g/mol. The highest BCUT2D eigenvalue weighted by Gasteiger charge is 1.93. The second-order valence-corrected chi connectivity index (χ2v) is 1.46. The molecule has 1 aliphatic rings. The van der Waals surface area contributed by atoms with Gasteiger partial charge in [-0.2, -0.15) is 0 Å². The van der Waals surface area contributed by atoms with Crippen LogP contribution in [0.15, 0.2) is 0 Å². The van der Waals surface area contributed by atoms with Crippen molar-refractivity contribution >= 4 is 9.12 Å². The van der Waals surface area contributed by atoms with Crippen LogP contribution in [-0.2, 0) is 4.57 Å². The van der Waals surface area contributed by atoms with Gasteiger partial charge in [0.2, 0.25) is 0 Å². The second-order valence-electron chi connectivity index (χ2n) is 1.46. The minimum absolute atomic E-state index is 1.25. The second kappa shape index (κ2) is 6.06. The maximum absolute atomic E-state index is 8.06. The third-order valence-corrected chi connectivity index (χ3v) is 0.957. The Bertz CT molecular complexity index is 31.1. The molecular weight excluding hydrogens is 109 g/mol. The van der Waals surface area contributed by atoms with Gasteiger partial charge in [-0.1, -0.05) is 0 Å². The Kier molecular flexibility index (Phi) is 6.11. The molecule has 0 aromatic rings. The van der Waals surface area contributed by atoms with Gasteiger partial charge in [0.25, 0.3) is 0 Å². The molecule has 0 aromatic heterocycles. The van der Waals surface area contributed by atoms with E-state index in [1.54, 1.807) is 9.12 Å². The smallest absolute Gasteiger partial charge is 0.138 e. The van der Waals surface area contributed by atoms with Crippen LogP contribution in [-0.4, -0.2) is 13.1 Å². The zero-order valence-electron chi connectivity index (χ0n) is 4.24. The lowest BCUT2D eigenvalue weighted by Gasteiger charge is -1.76. The van der Waals surface area contributed by atoms with Crippen LogP contribution in [0.4, 0.5) is 0 Å². The van der Waals surface area contributed by atoms with Gasteiger partial charge in [-0.3, -0.25) is 4.57 Å². The molecule has 0 atom stereocenters. The number of rotatable bonds is 0. The van der Waals surface area contributed by atoms with Gasteiger partial charge < -0.3 is 5.32 Å². The van der Waals surface area contributed by atoms with Crippen molar-refractivity contribution in [2.45, 2.75) is 12.8 Å². The van der Waals surface area contributed by atoms with Crippen LogP contribution in [0.3, 0.4) is 0 Å². The normalized spacial score (nSPS) is 17.7. The van der Waals surface area contributed by atoms with Crippen LogP contribution < -0.4 is 5.32 Å². The lowest BCUT2D eigenvalue weighted by Crippen LogP contribution is -2.03. The minimum atomic E-state index is 1.25. The Balaban J connectivity index is 0.000000162. The fraction of sp³-hybridized carbons (Fsp3) is 1.00. The van der Waals surface area contributed by atoms with E-state index in [1.807, 2.05) is 0 Å². The van der Waals surface area contributed by atoms with Crippen LogP contribution >= 0.6 is 9.12 Å². The summed E-state index contributed by atoms with van der Waals surface area (Å²) in [5.41, 5.74) is 0. The van der Waals surface area contributed by atoms with E-state index in [9.17, 15) is 0 Å². The van der Waals surface area contributed by atoms with Crippen LogP contribution in [0.2, 0.25) is 0 Å². The van der Waals surface area contributed by atoms with E-state index in [2.05, 4.69) is 5.32 Å². The van der Waals surface area contributed by atoms with Crippen molar-refractivity contribution in [2.24, 2.45) is 0 Å². The number of nitrogens with one attached hydrogen (secondary N) is 1. The molecule has 0 amide bonds. The van der Waals surface area contributed by atoms with Crippen LogP contribution in [0.5, 0.6) is 0 Å². The molecule has 1 heterocycles. The topological polar surface area (TPSA) is 29.1 Å². The number of hydrogen-bond acceptors (Lipinski definition) is 2. The summed E-state index contributed by atoms with van der Waals surface area (Å²) >= 11 is 0. The predicted molar refractivity (Wildman–Crippen MR) is 31.1 cm³/mol. The predicted octanol–water partition coefficient (Wildman–Crippen LogP) is 0.844. The Morgan fingerprint density at radius 2 is 1.57 bits per heavy atom. The number of hydrogen-bond donors (Lipinski definition) is 1. The molecule has 1 fully saturated rings. The van der Waals surface area contributed by atoms with Gasteiger partial charge in [0.05, 0.1) is 0 Å². The van der Waals surface area contributed by atoms with Gasteiger partial charge >= 0.3 is 0 Å². The van der Waals surface area contributed by atoms with E-state index < -0.39 is 0 Å². The molecule has 1 rings (SSSR count). The summed E-state index contributed by atoms with van der Waals surface area (Å²) in [4.78, 5) is 0. The maximum Gasteiger partial charge on any atom is 0.138 e. The average Bonchev–Trinajstić information content (AvgIpc) is 2.23. The Labute approximate surface area is 45.9 Å². The fourth-order valence-corrected chi connectivity index (χ4v) is 0.625. The van der Waals surface area contributed by atoms with Crippen molar-refractivity contribution in [1.29, 1.82) is 0 Å². The van der Waals surface area contributed by atoms with Crippen molar-refractivity contribution in [3.05, 3.63) is 0 Å². The van der Waals surface area contributed by atoms with Crippen molar-refractivity contribution in [3.8, 4) is 0 Å². The van der Waals surface area contributed by atoms with E-state index in [1.165, 1.54) is 25.9 Å². The van der Waals surface area contributed by atoms with Crippen LogP contribution in [0.25, 0.3) is 0 Å². The molecule has 0 aromatic carbocycles. The van der Waals surface area contributed by atoms with Crippen molar-refractivity contribution in [2.75, 3.05) is 13.1 Å². The molecular formula is C4H10NOP.